The van der Waals surface area contributed by atoms with Gasteiger partial charge in [0.05, 0.1) is 30.6 Å². The predicted molar refractivity (Wildman–Crippen MR) is 131 cm³/mol. The summed E-state index contributed by atoms with van der Waals surface area (Å²) in [5.74, 6) is -0.568. The standard InChI is InChI=1S/C25H24ClN3O5/c1-3-33-21-12-8-7-11-20(21)28-24(30)25(31)29-27-15-18-13-19(26)23(22(14-18)32-2)34-16-17-9-5-4-6-10-17/h4-15H,3,16H2,1-2H3,(H,28,30)(H,29,31)/b27-15-. The third-order valence-electron chi connectivity index (χ3n) is 4.50. The second kappa shape index (κ2) is 12.3. The summed E-state index contributed by atoms with van der Waals surface area (Å²) in [5, 5.41) is 6.64. The van der Waals surface area contributed by atoms with Crippen molar-refractivity contribution in [3.05, 3.63) is 82.9 Å². The second-order valence-electron chi connectivity index (χ2n) is 6.89. The normalized spacial score (nSPS) is 10.6. The van der Waals surface area contributed by atoms with Gasteiger partial charge in [-0.3, -0.25) is 9.59 Å². The van der Waals surface area contributed by atoms with Crippen LogP contribution < -0.4 is 25.0 Å². The van der Waals surface area contributed by atoms with Crippen molar-refractivity contribution in [2.45, 2.75) is 13.5 Å². The fourth-order valence-corrected chi connectivity index (χ4v) is 3.20. The summed E-state index contributed by atoms with van der Waals surface area (Å²) in [6, 6.07) is 19.7. The summed E-state index contributed by atoms with van der Waals surface area (Å²) in [7, 11) is 1.49. The van der Waals surface area contributed by atoms with Gasteiger partial charge in [-0.15, -0.1) is 0 Å². The van der Waals surface area contributed by atoms with Crippen LogP contribution in [0.1, 0.15) is 18.1 Å². The van der Waals surface area contributed by atoms with Gasteiger partial charge in [-0.1, -0.05) is 54.1 Å². The van der Waals surface area contributed by atoms with E-state index in [2.05, 4.69) is 15.8 Å². The Hall–Kier alpha value is -4.04. The van der Waals surface area contributed by atoms with Crippen molar-refractivity contribution in [1.82, 2.24) is 5.43 Å². The number of carbonyl (C=O) groups is 2. The molecular weight excluding hydrogens is 458 g/mol. The molecule has 0 aliphatic rings. The molecule has 0 atom stereocenters. The molecule has 3 aromatic carbocycles. The summed E-state index contributed by atoms with van der Waals surface area (Å²) in [5.41, 5.74) is 4.09. The first kappa shape index (κ1) is 24.6. The molecular formula is C25H24ClN3O5. The monoisotopic (exact) mass is 481 g/mol. The van der Waals surface area contributed by atoms with Crippen LogP contribution in [-0.4, -0.2) is 31.7 Å². The van der Waals surface area contributed by atoms with Crippen molar-refractivity contribution in [2.75, 3.05) is 19.0 Å². The summed E-state index contributed by atoms with van der Waals surface area (Å²) in [4.78, 5) is 24.3. The van der Waals surface area contributed by atoms with Gasteiger partial charge in [0.2, 0.25) is 0 Å². The SMILES string of the molecule is CCOc1ccccc1NC(=O)C(=O)N/N=C\c1cc(Cl)c(OCc2ccccc2)c(OC)c1. The van der Waals surface area contributed by atoms with Gasteiger partial charge < -0.3 is 19.5 Å². The summed E-state index contributed by atoms with van der Waals surface area (Å²) < 4.78 is 16.6. The number of carbonyl (C=O) groups excluding carboxylic acids is 2. The van der Waals surface area contributed by atoms with Crippen LogP contribution in [0.2, 0.25) is 5.02 Å². The zero-order valence-corrected chi connectivity index (χ0v) is 19.5. The first-order valence-electron chi connectivity index (χ1n) is 10.4. The summed E-state index contributed by atoms with van der Waals surface area (Å²) in [6.45, 7) is 2.57. The van der Waals surface area contributed by atoms with E-state index in [-0.39, 0.29) is 0 Å². The number of methoxy groups -OCH3 is 1. The van der Waals surface area contributed by atoms with E-state index in [1.807, 2.05) is 37.3 Å². The van der Waals surface area contributed by atoms with Crippen LogP contribution in [0.3, 0.4) is 0 Å². The first-order chi connectivity index (χ1) is 16.5. The van der Waals surface area contributed by atoms with Gasteiger partial charge in [-0.25, -0.2) is 5.43 Å². The number of para-hydroxylation sites is 2. The van der Waals surface area contributed by atoms with Crippen LogP contribution in [0.4, 0.5) is 5.69 Å². The number of hydrogen-bond acceptors (Lipinski definition) is 6. The number of nitrogens with one attached hydrogen (secondary N) is 2. The minimum atomic E-state index is -0.941. The lowest BCUT2D eigenvalue weighted by atomic mass is 10.2. The van der Waals surface area contributed by atoms with Gasteiger partial charge in [0.25, 0.3) is 0 Å². The van der Waals surface area contributed by atoms with E-state index in [0.717, 1.165) is 5.56 Å². The molecule has 9 heteroatoms. The van der Waals surface area contributed by atoms with E-state index in [9.17, 15) is 9.59 Å². The molecule has 3 rings (SSSR count). The molecule has 0 aromatic heterocycles. The summed E-state index contributed by atoms with van der Waals surface area (Å²) >= 11 is 6.37. The fraction of sp³-hybridized carbons (Fsp3) is 0.160. The number of hydrazone groups is 1. The molecule has 0 unspecified atom stereocenters. The number of benzene rings is 3. The third-order valence-corrected chi connectivity index (χ3v) is 4.78. The Kier molecular flexibility index (Phi) is 8.88. The van der Waals surface area contributed by atoms with Crippen molar-refractivity contribution in [3.8, 4) is 17.2 Å². The van der Waals surface area contributed by atoms with E-state index < -0.39 is 11.8 Å². The Labute approximate surface area is 202 Å². The zero-order chi connectivity index (χ0) is 24.3. The molecule has 3 aromatic rings. The van der Waals surface area contributed by atoms with Crippen molar-refractivity contribution < 1.29 is 23.8 Å². The highest BCUT2D eigenvalue weighted by Crippen LogP contribution is 2.36. The van der Waals surface area contributed by atoms with Gasteiger partial charge in [0.1, 0.15) is 12.4 Å². The number of nitrogens with zero attached hydrogens (tertiary/aromatic N) is 1. The number of anilines is 1. The zero-order valence-electron chi connectivity index (χ0n) is 18.7. The highest BCUT2D eigenvalue weighted by Gasteiger charge is 2.16. The number of hydrogen-bond donors (Lipinski definition) is 2. The lowest BCUT2D eigenvalue weighted by Crippen LogP contribution is -2.32. The van der Waals surface area contributed by atoms with E-state index in [1.54, 1.807) is 36.4 Å². The lowest BCUT2D eigenvalue weighted by molar-refractivity contribution is -0.136. The Morgan fingerprint density at radius 3 is 2.44 bits per heavy atom. The molecule has 0 bridgehead atoms. The largest absolute Gasteiger partial charge is 0.493 e. The third kappa shape index (κ3) is 6.73. The second-order valence-corrected chi connectivity index (χ2v) is 7.30. The highest BCUT2D eigenvalue weighted by molar-refractivity contribution is 6.39. The van der Waals surface area contributed by atoms with E-state index in [0.29, 0.717) is 46.7 Å². The number of rotatable bonds is 9. The fourth-order valence-electron chi connectivity index (χ4n) is 2.93. The molecule has 2 amide bonds. The van der Waals surface area contributed by atoms with Crippen molar-refractivity contribution in [1.29, 1.82) is 0 Å². The van der Waals surface area contributed by atoms with Crippen molar-refractivity contribution in [3.63, 3.8) is 0 Å². The van der Waals surface area contributed by atoms with Crippen LogP contribution in [0, 0.1) is 0 Å². The number of ether oxygens (including phenoxy) is 3. The van der Waals surface area contributed by atoms with Gasteiger partial charge in [0, 0.05) is 0 Å². The highest BCUT2D eigenvalue weighted by atomic mass is 35.5. The topological polar surface area (TPSA) is 98.2 Å². The Morgan fingerprint density at radius 1 is 0.971 bits per heavy atom. The molecule has 0 radical (unpaired) electrons. The first-order valence-corrected chi connectivity index (χ1v) is 10.8. The number of amides is 2. The lowest BCUT2D eigenvalue weighted by Gasteiger charge is -2.13. The van der Waals surface area contributed by atoms with Crippen LogP contribution in [0.5, 0.6) is 17.2 Å². The average molecular weight is 482 g/mol. The Morgan fingerprint density at radius 2 is 1.71 bits per heavy atom. The molecule has 0 fully saturated rings. The Balaban J connectivity index is 1.62. The van der Waals surface area contributed by atoms with Crippen LogP contribution >= 0.6 is 11.6 Å². The van der Waals surface area contributed by atoms with Crippen LogP contribution in [0.15, 0.2) is 71.8 Å². The van der Waals surface area contributed by atoms with E-state index in [4.69, 9.17) is 25.8 Å². The molecule has 8 nitrogen and oxygen atoms in total. The van der Waals surface area contributed by atoms with Gasteiger partial charge in [-0.2, -0.15) is 5.10 Å². The van der Waals surface area contributed by atoms with Gasteiger partial charge in [-0.05, 0) is 42.3 Å². The maximum Gasteiger partial charge on any atom is 0.329 e. The average Bonchev–Trinajstić information content (AvgIpc) is 2.85. The maximum atomic E-state index is 12.2. The van der Waals surface area contributed by atoms with E-state index in [1.165, 1.54) is 13.3 Å². The van der Waals surface area contributed by atoms with Gasteiger partial charge >= 0.3 is 11.8 Å². The smallest absolute Gasteiger partial charge is 0.329 e. The molecule has 0 saturated heterocycles. The molecule has 0 aliphatic carbocycles. The summed E-state index contributed by atoms with van der Waals surface area (Å²) in [6.07, 6.45) is 1.34. The molecule has 0 saturated carbocycles. The van der Waals surface area contributed by atoms with Crippen molar-refractivity contribution >= 4 is 35.3 Å². The predicted octanol–water partition coefficient (Wildman–Crippen LogP) is 4.42. The van der Waals surface area contributed by atoms with E-state index >= 15 is 0 Å². The molecule has 0 heterocycles. The minimum Gasteiger partial charge on any atom is -0.493 e. The quantitative estimate of drug-likeness (QED) is 0.268. The Bertz CT molecular complexity index is 1170. The maximum absolute atomic E-state index is 12.2. The molecule has 34 heavy (non-hydrogen) atoms. The molecule has 0 spiro atoms. The number of halogens is 1. The van der Waals surface area contributed by atoms with Crippen LogP contribution in [-0.2, 0) is 16.2 Å². The molecule has 2 N–H and O–H groups in total. The minimum absolute atomic E-state index is 0.313. The van der Waals surface area contributed by atoms with Crippen molar-refractivity contribution in [2.24, 2.45) is 5.10 Å². The van der Waals surface area contributed by atoms with Gasteiger partial charge in [0.15, 0.2) is 11.5 Å². The molecule has 176 valence electrons. The van der Waals surface area contributed by atoms with Crippen LogP contribution in [0.25, 0.3) is 0 Å². The molecule has 0 aliphatic heterocycles.